The third-order valence-electron chi connectivity index (χ3n) is 7.48. The summed E-state index contributed by atoms with van der Waals surface area (Å²) in [6.07, 6.45) is 4.60. The third kappa shape index (κ3) is 5.21. The van der Waals surface area contributed by atoms with E-state index in [0.29, 0.717) is 49.9 Å². The van der Waals surface area contributed by atoms with Gasteiger partial charge in [0.15, 0.2) is 5.65 Å². The lowest BCUT2D eigenvalue weighted by Gasteiger charge is -2.38. The summed E-state index contributed by atoms with van der Waals surface area (Å²) in [7, 11) is 0. The van der Waals surface area contributed by atoms with Crippen LogP contribution in [0.3, 0.4) is 0 Å². The van der Waals surface area contributed by atoms with Crippen molar-refractivity contribution in [2.75, 3.05) is 13.1 Å². The quantitative estimate of drug-likeness (QED) is 0.406. The predicted molar refractivity (Wildman–Crippen MR) is 143 cm³/mol. The molecule has 1 amide bonds. The Kier molecular flexibility index (Phi) is 6.95. The van der Waals surface area contributed by atoms with Crippen LogP contribution in [0.4, 0.5) is 0 Å². The number of amides is 1. The summed E-state index contributed by atoms with van der Waals surface area (Å²) < 4.78 is 3.36. The second-order valence-corrected chi connectivity index (χ2v) is 10.1. The minimum Gasteiger partial charge on any atom is -0.388 e. The number of nitrogens with zero attached hydrogens (tertiary/aromatic N) is 4. The number of carbonyl (C=O) groups excluding carboxylic acids is 1. The molecule has 5 rings (SSSR count). The average Bonchev–Trinajstić information content (AvgIpc) is 3.36. The van der Waals surface area contributed by atoms with E-state index in [-0.39, 0.29) is 23.9 Å². The Morgan fingerprint density at radius 2 is 1.78 bits per heavy atom. The van der Waals surface area contributed by atoms with E-state index in [0.717, 1.165) is 16.8 Å². The van der Waals surface area contributed by atoms with E-state index in [1.165, 1.54) is 10.9 Å². The van der Waals surface area contributed by atoms with E-state index in [9.17, 15) is 14.7 Å². The first-order valence-electron chi connectivity index (χ1n) is 12.8. The summed E-state index contributed by atoms with van der Waals surface area (Å²) in [5.74, 6) is 0.233. The molecular weight excluding hydrogens is 466 g/mol. The van der Waals surface area contributed by atoms with Crippen molar-refractivity contribution < 1.29 is 9.90 Å². The van der Waals surface area contributed by atoms with Gasteiger partial charge in [0.1, 0.15) is 6.33 Å². The summed E-state index contributed by atoms with van der Waals surface area (Å²) in [4.78, 5) is 32.5. The number of fused-ring (bicyclic) bond motifs is 1. The molecule has 0 unspecified atom stereocenters. The van der Waals surface area contributed by atoms with Gasteiger partial charge < -0.3 is 20.3 Å². The SMILES string of the molecule is C[C@H](CC(=O)N1CCC(O)(Cn2cnc3c(ccn3-c3ccc(CN)cc3)c2=O)CC1)c1ccccc1. The summed E-state index contributed by atoms with van der Waals surface area (Å²) in [5.41, 5.74) is 8.08. The zero-order valence-corrected chi connectivity index (χ0v) is 21.1. The van der Waals surface area contributed by atoms with Crippen molar-refractivity contribution in [2.24, 2.45) is 5.73 Å². The van der Waals surface area contributed by atoms with Crippen molar-refractivity contribution in [3.8, 4) is 5.69 Å². The van der Waals surface area contributed by atoms with E-state index in [2.05, 4.69) is 11.9 Å². The smallest absolute Gasteiger partial charge is 0.262 e. The molecule has 1 atom stereocenters. The minimum absolute atomic E-state index is 0.0968. The number of piperidine rings is 1. The number of hydrogen-bond acceptors (Lipinski definition) is 5. The van der Waals surface area contributed by atoms with Crippen molar-refractivity contribution in [1.82, 2.24) is 19.0 Å². The number of carbonyl (C=O) groups is 1. The van der Waals surface area contributed by atoms with Gasteiger partial charge in [0.25, 0.3) is 5.56 Å². The van der Waals surface area contributed by atoms with Crippen LogP contribution in [0.25, 0.3) is 16.7 Å². The fourth-order valence-corrected chi connectivity index (χ4v) is 5.11. The largest absolute Gasteiger partial charge is 0.388 e. The number of likely N-dealkylation sites (tertiary alicyclic amines) is 1. The van der Waals surface area contributed by atoms with Gasteiger partial charge in [0.05, 0.1) is 17.5 Å². The van der Waals surface area contributed by atoms with E-state index < -0.39 is 5.60 Å². The first-order chi connectivity index (χ1) is 17.9. The minimum atomic E-state index is -1.07. The Balaban J connectivity index is 1.25. The van der Waals surface area contributed by atoms with Crippen molar-refractivity contribution in [1.29, 1.82) is 0 Å². The van der Waals surface area contributed by atoms with Crippen molar-refractivity contribution in [3.63, 3.8) is 0 Å². The number of rotatable bonds is 7. The molecule has 0 saturated carbocycles. The number of benzene rings is 2. The first-order valence-corrected chi connectivity index (χ1v) is 12.8. The highest BCUT2D eigenvalue weighted by Crippen LogP contribution is 2.27. The molecule has 1 saturated heterocycles. The number of aromatic nitrogens is 3. The van der Waals surface area contributed by atoms with Gasteiger partial charge in [-0.25, -0.2) is 4.98 Å². The molecule has 1 fully saturated rings. The molecule has 0 bridgehead atoms. The zero-order valence-electron chi connectivity index (χ0n) is 21.1. The lowest BCUT2D eigenvalue weighted by atomic mass is 9.90. The fraction of sp³-hybridized carbons (Fsp3) is 0.345. The van der Waals surface area contributed by atoms with Crippen LogP contribution >= 0.6 is 0 Å². The first kappa shape index (κ1) is 24.9. The Bertz CT molecular complexity index is 1430. The Morgan fingerprint density at radius 3 is 2.46 bits per heavy atom. The molecule has 0 aliphatic carbocycles. The average molecular weight is 500 g/mol. The molecule has 4 aromatic rings. The summed E-state index contributed by atoms with van der Waals surface area (Å²) in [6, 6.07) is 19.6. The molecule has 37 heavy (non-hydrogen) atoms. The number of nitrogens with two attached hydrogens (primary N) is 1. The highest BCUT2D eigenvalue weighted by molar-refractivity contribution is 5.77. The maximum absolute atomic E-state index is 13.2. The molecule has 8 nitrogen and oxygen atoms in total. The lowest BCUT2D eigenvalue weighted by molar-refractivity contribution is -0.136. The summed E-state index contributed by atoms with van der Waals surface area (Å²) in [6.45, 7) is 3.61. The van der Waals surface area contributed by atoms with Crippen LogP contribution in [0.5, 0.6) is 0 Å². The van der Waals surface area contributed by atoms with Crippen LogP contribution in [-0.2, 0) is 17.9 Å². The van der Waals surface area contributed by atoms with Crippen molar-refractivity contribution in [2.45, 2.75) is 50.8 Å². The summed E-state index contributed by atoms with van der Waals surface area (Å²) >= 11 is 0. The van der Waals surface area contributed by atoms with Gasteiger partial charge in [-0.2, -0.15) is 0 Å². The number of aliphatic hydroxyl groups is 1. The second-order valence-electron chi connectivity index (χ2n) is 10.1. The molecule has 192 valence electrons. The Labute approximate surface area is 216 Å². The second kappa shape index (κ2) is 10.3. The van der Waals surface area contributed by atoms with Gasteiger partial charge in [-0.05, 0) is 48.1 Å². The summed E-state index contributed by atoms with van der Waals surface area (Å²) in [5, 5.41) is 11.8. The van der Waals surface area contributed by atoms with E-state index in [1.807, 2.05) is 70.3 Å². The van der Waals surface area contributed by atoms with Crippen LogP contribution in [0.2, 0.25) is 0 Å². The van der Waals surface area contributed by atoms with E-state index >= 15 is 0 Å². The monoisotopic (exact) mass is 499 g/mol. The van der Waals surface area contributed by atoms with Gasteiger partial charge in [-0.1, -0.05) is 49.4 Å². The van der Waals surface area contributed by atoms with Gasteiger partial charge in [0.2, 0.25) is 5.91 Å². The van der Waals surface area contributed by atoms with E-state index in [4.69, 9.17) is 5.73 Å². The molecule has 1 aliphatic heterocycles. The number of hydrogen-bond donors (Lipinski definition) is 2. The topological polar surface area (TPSA) is 106 Å². The maximum Gasteiger partial charge on any atom is 0.262 e. The van der Waals surface area contributed by atoms with Crippen LogP contribution in [0, 0.1) is 0 Å². The van der Waals surface area contributed by atoms with Crippen LogP contribution < -0.4 is 11.3 Å². The lowest BCUT2D eigenvalue weighted by Crippen LogP contribution is -2.49. The van der Waals surface area contributed by atoms with Gasteiger partial charge in [-0.15, -0.1) is 0 Å². The van der Waals surface area contributed by atoms with E-state index in [1.54, 1.807) is 6.07 Å². The molecule has 3 heterocycles. The molecule has 2 aromatic heterocycles. The van der Waals surface area contributed by atoms with Crippen molar-refractivity contribution >= 4 is 16.9 Å². The molecule has 2 aromatic carbocycles. The predicted octanol–water partition coefficient (Wildman–Crippen LogP) is 3.19. The van der Waals surface area contributed by atoms with Gasteiger partial charge in [-0.3, -0.25) is 14.2 Å². The normalized spacial score (nSPS) is 16.1. The molecule has 3 N–H and O–H groups in total. The van der Waals surface area contributed by atoms with Gasteiger partial charge in [0, 0.05) is 37.9 Å². The van der Waals surface area contributed by atoms with Crippen LogP contribution in [0.15, 0.2) is 78.0 Å². The molecule has 0 radical (unpaired) electrons. The Morgan fingerprint density at radius 1 is 1.08 bits per heavy atom. The zero-order chi connectivity index (χ0) is 26.0. The highest BCUT2D eigenvalue weighted by atomic mass is 16.3. The van der Waals surface area contributed by atoms with Crippen LogP contribution in [-0.4, -0.2) is 48.7 Å². The molecule has 8 heteroatoms. The molecular formula is C29H33N5O3. The molecule has 1 aliphatic rings. The third-order valence-corrected chi connectivity index (χ3v) is 7.48. The highest BCUT2D eigenvalue weighted by Gasteiger charge is 2.35. The van der Waals surface area contributed by atoms with Crippen molar-refractivity contribution in [3.05, 3.63) is 94.7 Å². The van der Waals surface area contributed by atoms with Crippen LogP contribution in [0.1, 0.15) is 43.2 Å². The standard InChI is InChI=1S/C29H33N5O3/c1-21(23-5-3-2-4-6-23)17-26(35)32-15-12-29(37,13-16-32)19-33-20-31-27-25(28(33)36)11-14-34(27)24-9-7-22(18-30)8-10-24/h2-11,14,20-21,37H,12-13,15-19,30H2,1H3/t21-/m1/s1. The fourth-order valence-electron chi connectivity index (χ4n) is 5.11. The van der Waals surface area contributed by atoms with Gasteiger partial charge >= 0.3 is 0 Å². The molecule has 0 spiro atoms. The maximum atomic E-state index is 13.2. The Hall–Kier alpha value is -3.75.